The van der Waals surface area contributed by atoms with Gasteiger partial charge in [0.2, 0.25) is 0 Å². The van der Waals surface area contributed by atoms with Crippen LogP contribution < -0.4 is 5.32 Å². The van der Waals surface area contributed by atoms with Crippen LogP contribution in [0.3, 0.4) is 0 Å². The minimum atomic E-state index is -0.916. The maximum Gasteiger partial charge on any atom is 0.305 e. The van der Waals surface area contributed by atoms with Crippen LogP contribution in [-0.2, 0) is 17.9 Å². The Kier molecular flexibility index (Phi) is 5.79. The van der Waals surface area contributed by atoms with E-state index in [2.05, 4.69) is 15.5 Å². The molecule has 0 saturated heterocycles. The Hall–Kier alpha value is -3.13. The van der Waals surface area contributed by atoms with Crippen LogP contribution in [0.1, 0.15) is 33.7 Å². The van der Waals surface area contributed by atoms with Gasteiger partial charge < -0.3 is 10.4 Å². The highest BCUT2D eigenvalue weighted by molar-refractivity contribution is 6.30. The summed E-state index contributed by atoms with van der Waals surface area (Å²) in [4.78, 5) is 23.2. The molecule has 0 fully saturated rings. The fourth-order valence-corrected chi connectivity index (χ4v) is 2.92. The van der Waals surface area contributed by atoms with Gasteiger partial charge in [0.15, 0.2) is 0 Å². The van der Waals surface area contributed by atoms with Crippen LogP contribution in [0.2, 0.25) is 5.02 Å². The summed E-state index contributed by atoms with van der Waals surface area (Å²) in [5, 5.41) is 20.8. The van der Waals surface area contributed by atoms with Crippen LogP contribution in [-0.4, -0.2) is 36.5 Å². The van der Waals surface area contributed by atoms with Crippen LogP contribution >= 0.6 is 11.6 Å². The first-order valence-corrected chi connectivity index (χ1v) is 9.05. The monoisotopic (exact) mass is 401 g/mol. The lowest BCUT2D eigenvalue weighted by atomic mass is 10.2. The fraction of sp³-hybridized carbons (Fsp3) is 0.263. The summed E-state index contributed by atoms with van der Waals surface area (Å²) >= 11 is 5.92. The molecule has 146 valence electrons. The second-order valence-electron chi connectivity index (χ2n) is 6.42. The molecule has 28 heavy (non-hydrogen) atoms. The minimum Gasteiger partial charge on any atom is -0.481 e. The van der Waals surface area contributed by atoms with E-state index in [0.717, 1.165) is 11.3 Å². The number of nitrogens with one attached hydrogen (secondary N) is 1. The van der Waals surface area contributed by atoms with Gasteiger partial charge >= 0.3 is 5.97 Å². The fourth-order valence-electron chi connectivity index (χ4n) is 2.79. The number of aryl methyl sites for hydroxylation is 2. The standard InChI is InChI=1S/C19H20ClN5O3/c1-12-18(13(2)25(23-12)10-14-3-5-16(20)6-4-14)22-19(28)15-9-21-24(11-15)8-7-17(26)27/h3-6,9,11H,7-8,10H2,1-2H3,(H,22,28)(H,26,27). The van der Waals surface area contributed by atoms with E-state index in [1.807, 2.05) is 42.8 Å². The molecule has 3 aromatic rings. The van der Waals surface area contributed by atoms with E-state index >= 15 is 0 Å². The molecule has 2 aromatic heterocycles. The van der Waals surface area contributed by atoms with Gasteiger partial charge in [0.1, 0.15) is 0 Å². The molecule has 0 aliphatic rings. The summed E-state index contributed by atoms with van der Waals surface area (Å²) < 4.78 is 3.26. The molecule has 0 spiro atoms. The van der Waals surface area contributed by atoms with Crippen molar-refractivity contribution < 1.29 is 14.7 Å². The predicted octanol–water partition coefficient (Wildman–Crippen LogP) is 3.13. The van der Waals surface area contributed by atoms with Gasteiger partial charge in [-0.1, -0.05) is 23.7 Å². The lowest BCUT2D eigenvalue weighted by Crippen LogP contribution is -2.13. The third-order valence-electron chi connectivity index (χ3n) is 4.32. The van der Waals surface area contributed by atoms with Gasteiger partial charge in [0.05, 0.1) is 48.3 Å². The summed E-state index contributed by atoms with van der Waals surface area (Å²) in [6, 6.07) is 7.52. The van der Waals surface area contributed by atoms with Crippen molar-refractivity contribution in [1.29, 1.82) is 0 Å². The molecular formula is C19H20ClN5O3. The number of carboxylic acids is 1. The SMILES string of the molecule is Cc1nn(Cc2ccc(Cl)cc2)c(C)c1NC(=O)c1cnn(CCC(=O)O)c1. The molecule has 0 bridgehead atoms. The van der Waals surface area contributed by atoms with E-state index in [1.54, 1.807) is 0 Å². The van der Waals surface area contributed by atoms with E-state index in [1.165, 1.54) is 17.1 Å². The number of amides is 1. The molecule has 0 aliphatic carbocycles. The van der Waals surface area contributed by atoms with Crippen molar-refractivity contribution in [3.05, 3.63) is 64.2 Å². The largest absolute Gasteiger partial charge is 0.481 e. The number of anilines is 1. The molecule has 2 N–H and O–H groups in total. The number of nitrogens with zero attached hydrogens (tertiary/aromatic N) is 4. The number of rotatable bonds is 7. The number of carbonyl (C=O) groups is 2. The molecule has 0 aliphatic heterocycles. The minimum absolute atomic E-state index is 0.0571. The molecule has 1 amide bonds. The van der Waals surface area contributed by atoms with Crippen LogP contribution in [0.5, 0.6) is 0 Å². The lowest BCUT2D eigenvalue weighted by molar-refractivity contribution is -0.137. The van der Waals surface area contributed by atoms with E-state index in [-0.39, 0.29) is 18.9 Å². The van der Waals surface area contributed by atoms with Crippen molar-refractivity contribution >= 4 is 29.2 Å². The highest BCUT2D eigenvalue weighted by Gasteiger charge is 2.17. The van der Waals surface area contributed by atoms with Crippen LogP contribution in [0.4, 0.5) is 5.69 Å². The summed E-state index contributed by atoms with van der Waals surface area (Å²) in [5.74, 6) is -1.24. The van der Waals surface area contributed by atoms with Gasteiger partial charge in [-0.2, -0.15) is 10.2 Å². The van der Waals surface area contributed by atoms with Crippen molar-refractivity contribution in [3.8, 4) is 0 Å². The molecule has 0 saturated carbocycles. The average molecular weight is 402 g/mol. The van der Waals surface area contributed by atoms with Crippen LogP contribution in [0.25, 0.3) is 0 Å². The summed E-state index contributed by atoms with van der Waals surface area (Å²) in [7, 11) is 0. The number of aromatic nitrogens is 4. The zero-order valence-corrected chi connectivity index (χ0v) is 16.3. The number of carboxylic acid groups (broad SMARTS) is 1. The van der Waals surface area contributed by atoms with Gasteiger partial charge in [0, 0.05) is 11.2 Å². The molecule has 1 aromatic carbocycles. The van der Waals surface area contributed by atoms with Gasteiger partial charge in [-0.15, -0.1) is 0 Å². The second-order valence-corrected chi connectivity index (χ2v) is 6.86. The zero-order chi connectivity index (χ0) is 20.3. The van der Waals surface area contributed by atoms with Gasteiger partial charge in [-0.3, -0.25) is 19.0 Å². The Morgan fingerprint density at radius 2 is 1.93 bits per heavy atom. The van der Waals surface area contributed by atoms with Crippen LogP contribution in [0, 0.1) is 13.8 Å². The molecule has 9 heteroatoms. The number of carbonyl (C=O) groups excluding carboxylic acids is 1. The number of hydrogen-bond acceptors (Lipinski definition) is 4. The van der Waals surface area contributed by atoms with E-state index in [9.17, 15) is 9.59 Å². The van der Waals surface area contributed by atoms with E-state index in [4.69, 9.17) is 16.7 Å². The van der Waals surface area contributed by atoms with Crippen molar-refractivity contribution in [2.24, 2.45) is 0 Å². The van der Waals surface area contributed by atoms with Crippen molar-refractivity contribution in [2.75, 3.05) is 5.32 Å². The molecule has 0 radical (unpaired) electrons. The lowest BCUT2D eigenvalue weighted by Gasteiger charge is -2.07. The average Bonchev–Trinajstić information content (AvgIpc) is 3.22. The Labute approximate surface area is 166 Å². The molecule has 3 rings (SSSR count). The first kappa shape index (κ1) is 19.6. The van der Waals surface area contributed by atoms with Gasteiger partial charge in [-0.25, -0.2) is 0 Å². The molecule has 0 atom stereocenters. The van der Waals surface area contributed by atoms with Crippen molar-refractivity contribution in [1.82, 2.24) is 19.6 Å². The predicted molar refractivity (Wildman–Crippen MR) is 105 cm³/mol. The molecule has 0 unspecified atom stereocenters. The van der Waals surface area contributed by atoms with E-state index < -0.39 is 5.97 Å². The first-order chi connectivity index (χ1) is 13.3. The maximum atomic E-state index is 12.5. The summed E-state index contributed by atoms with van der Waals surface area (Å²) in [5.41, 5.74) is 3.59. The van der Waals surface area contributed by atoms with Gasteiger partial charge in [0.25, 0.3) is 5.91 Å². The first-order valence-electron chi connectivity index (χ1n) is 8.67. The Morgan fingerprint density at radius 3 is 2.61 bits per heavy atom. The Bertz CT molecular complexity index is 1010. The normalized spacial score (nSPS) is 10.8. The highest BCUT2D eigenvalue weighted by Crippen LogP contribution is 2.21. The number of halogens is 1. The molecule has 8 nitrogen and oxygen atoms in total. The topological polar surface area (TPSA) is 102 Å². The summed E-state index contributed by atoms with van der Waals surface area (Å²) in [6.07, 6.45) is 2.89. The third-order valence-corrected chi connectivity index (χ3v) is 4.57. The smallest absolute Gasteiger partial charge is 0.305 e. The quantitative estimate of drug-likeness (QED) is 0.633. The maximum absolute atomic E-state index is 12.5. The van der Waals surface area contributed by atoms with Crippen LogP contribution in [0.15, 0.2) is 36.7 Å². The zero-order valence-electron chi connectivity index (χ0n) is 15.5. The molecular weight excluding hydrogens is 382 g/mol. The number of hydrogen-bond donors (Lipinski definition) is 2. The Balaban J connectivity index is 1.72. The second kappa shape index (κ2) is 8.26. The highest BCUT2D eigenvalue weighted by atomic mass is 35.5. The summed E-state index contributed by atoms with van der Waals surface area (Å²) in [6.45, 7) is 4.49. The van der Waals surface area contributed by atoms with E-state index in [0.29, 0.717) is 28.5 Å². The van der Waals surface area contributed by atoms with Crippen molar-refractivity contribution in [3.63, 3.8) is 0 Å². The molecule has 2 heterocycles. The van der Waals surface area contributed by atoms with Gasteiger partial charge in [-0.05, 0) is 31.5 Å². The number of aliphatic carboxylic acids is 1. The third kappa shape index (κ3) is 4.58. The number of benzene rings is 1. The van der Waals surface area contributed by atoms with Crippen molar-refractivity contribution in [2.45, 2.75) is 33.4 Å². The Morgan fingerprint density at radius 1 is 1.21 bits per heavy atom.